The number of sulfonamides is 1. The molecule has 0 saturated carbocycles. The fourth-order valence-corrected chi connectivity index (χ4v) is 6.21. The van der Waals surface area contributed by atoms with Gasteiger partial charge in [-0.3, -0.25) is 9.10 Å². The summed E-state index contributed by atoms with van der Waals surface area (Å²) in [6.07, 6.45) is 5.82. The largest absolute Gasteiger partial charge is 0.496 e. The van der Waals surface area contributed by atoms with Crippen molar-refractivity contribution in [2.45, 2.75) is 30.6 Å². The summed E-state index contributed by atoms with van der Waals surface area (Å²) in [6, 6.07) is 15.5. The van der Waals surface area contributed by atoms with Gasteiger partial charge in [0.25, 0.3) is 15.9 Å². The molecule has 1 saturated heterocycles. The third-order valence-corrected chi connectivity index (χ3v) is 8.34. The predicted octanol–water partition coefficient (Wildman–Crippen LogP) is 4.08. The standard InChI is InChI=1S/C26H28N4O4S/c1-34-24-11-10-21(35(32,33)30-16-13-19-7-3-4-8-23(19)30)17-22(24)26(31)28-20-9-12-25(27-18-20)29-14-5-2-6-15-29/h3-4,7-12,17-18H,2,5-6,13-16H2,1H3,(H,28,31). The van der Waals surface area contributed by atoms with E-state index in [4.69, 9.17) is 4.74 Å². The van der Waals surface area contributed by atoms with Gasteiger partial charge in [-0.15, -0.1) is 0 Å². The number of fused-ring (bicyclic) bond motifs is 1. The molecule has 1 amide bonds. The minimum absolute atomic E-state index is 0.0405. The molecule has 5 rings (SSSR count). The number of carbonyl (C=O) groups excluding carboxylic acids is 1. The molecule has 3 aromatic rings. The molecule has 35 heavy (non-hydrogen) atoms. The highest BCUT2D eigenvalue weighted by Crippen LogP contribution is 2.34. The van der Waals surface area contributed by atoms with Crippen LogP contribution < -0.4 is 19.3 Å². The molecule has 9 heteroatoms. The van der Waals surface area contributed by atoms with Crippen LogP contribution in [0, 0.1) is 0 Å². The van der Waals surface area contributed by atoms with Crippen LogP contribution in [0.1, 0.15) is 35.2 Å². The van der Waals surface area contributed by atoms with E-state index in [-0.39, 0.29) is 10.5 Å². The molecule has 2 aromatic carbocycles. The van der Waals surface area contributed by atoms with Crippen molar-refractivity contribution in [1.82, 2.24) is 4.98 Å². The number of anilines is 3. The Kier molecular flexibility index (Phi) is 6.34. The number of hydrogen-bond donors (Lipinski definition) is 1. The number of carbonyl (C=O) groups is 1. The van der Waals surface area contributed by atoms with Crippen LogP contribution in [0.25, 0.3) is 0 Å². The first-order chi connectivity index (χ1) is 17.0. The van der Waals surface area contributed by atoms with Gasteiger partial charge in [-0.25, -0.2) is 13.4 Å². The molecule has 0 spiro atoms. The second-order valence-corrected chi connectivity index (χ2v) is 10.6. The Morgan fingerprint density at radius 3 is 2.54 bits per heavy atom. The normalized spacial score (nSPS) is 15.6. The molecule has 1 N–H and O–H groups in total. The number of piperidine rings is 1. The van der Waals surface area contributed by atoms with E-state index in [1.54, 1.807) is 12.3 Å². The van der Waals surface area contributed by atoms with Crippen LogP contribution in [0.15, 0.2) is 65.7 Å². The number of ether oxygens (including phenoxy) is 1. The summed E-state index contributed by atoms with van der Waals surface area (Å²) in [4.78, 5) is 19.9. The number of aromatic nitrogens is 1. The third-order valence-electron chi connectivity index (χ3n) is 6.53. The maximum absolute atomic E-state index is 13.5. The summed E-state index contributed by atoms with van der Waals surface area (Å²) in [6.45, 7) is 2.33. The van der Waals surface area contributed by atoms with Gasteiger partial charge in [-0.05, 0) is 67.6 Å². The van der Waals surface area contributed by atoms with Crippen LogP contribution in [-0.2, 0) is 16.4 Å². The van der Waals surface area contributed by atoms with E-state index in [9.17, 15) is 13.2 Å². The molecule has 0 aliphatic carbocycles. The minimum Gasteiger partial charge on any atom is -0.496 e. The molecule has 182 valence electrons. The first kappa shape index (κ1) is 23.2. The average molecular weight is 493 g/mol. The summed E-state index contributed by atoms with van der Waals surface area (Å²) >= 11 is 0. The monoisotopic (exact) mass is 492 g/mol. The van der Waals surface area contributed by atoms with Crippen LogP contribution in [0.4, 0.5) is 17.2 Å². The lowest BCUT2D eigenvalue weighted by atomic mass is 10.1. The molecular formula is C26H28N4O4S. The zero-order valence-corrected chi connectivity index (χ0v) is 20.4. The number of methoxy groups -OCH3 is 1. The van der Waals surface area contributed by atoms with Gasteiger partial charge >= 0.3 is 0 Å². The van der Waals surface area contributed by atoms with Crippen molar-refractivity contribution in [2.75, 3.05) is 41.3 Å². The van der Waals surface area contributed by atoms with Gasteiger partial charge in [0, 0.05) is 19.6 Å². The zero-order valence-electron chi connectivity index (χ0n) is 19.6. The van der Waals surface area contributed by atoms with Gasteiger partial charge in [0.05, 0.1) is 35.1 Å². The molecule has 1 aromatic heterocycles. The quantitative estimate of drug-likeness (QED) is 0.557. The average Bonchev–Trinajstić information content (AvgIpc) is 3.34. The van der Waals surface area contributed by atoms with Gasteiger partial charge in [0.2, 0.25) is 0 Å². The van der Waals surface area contributed by atoms with Gasteiger partial charge < -0.3 is 15.0 Å². The number of para-hydroxylation sites is 1. The second kappa shape index (κ2) is 9.58. The molecule has 0 unspecified atom stereocenters. The third kappa shape index (κ3) is 4.55. The van der Waals surface area contributed by atoms with E-state index < -0.39 is 15.9 Å². The Bertz CT molecular complexity index is 1340. The van der Waals surface area contributed by atoms with Crippen LogP contribution in [0.3, 0.4) is 0 Å². The van der Waals surface area contributed by atoms with E-state index in [0.29, 0.717) is 30.1 Å². The van der Waals surface area contributed by atoms with Crippen LogP contribution in [-0.4, -0.2) is 46.1 Å². The number of nitrogens with zero attached hydrogens (tertiary/aromatic N) is 3. The molecule has 1 fully saturated rings. The smallest absolute Gasteiger partial charge is 0.264 e. The molecule has 2 aliphatic heterocycles. The van der Waals surface area contributed by atoms with Gasteiger partial charge in [-0.2, -0.15) is 0 Å². The Morgan fingerprint density at radius 1 is 1.00 bits per heavy atom. The van der Waals surface area contributed by atoms with Crippen molar-refractivity contribution in [3.05, 3.63) is 71.9 Å². The lowest BCUT2D eigenvalue weighted by Crippen LogP contribution is -2.30. The number of benzene rings is 2. The fourth-order valence-electron chi connectivity index (χ4n) is 4.68. The predicted molar refractivity (Wildman–Crippen MR) is 136 cm³/mol. The number of amides is 1. The van der Waals surface area contributed by atoms with Crippen LogP contribution in [0.2, 0.25) is 0 Å². The van der Waals surface area contributed by atoms with Gasteiger partial charge in [0.15, 0.2) is 0 Å². The Balaban J connectivity index is 1.38. The lowest BCUT2D eigenvalue weighted by Gasteiger charge is -2.27. The van der Waals surface area contributed by atoms with E-state index in [1.165, 1.54) is 36.0 Å². The SMILES string of the molecule is COc1ccc(S(=O)(=O)N2CCc3ccccc32)cc1C(=O)Nc1ccc(N2CCCCC2)nc1. The molecule has 8 nitrogen and oxygen atoms in total. The van der Waals surface area contributed by atoms with Crippen molar-refractivity contribution in [3.63, 3.8) is 0 Å². The molecule has 3 heterocycles. The Labute approximate surface area is 205 Å². The number of pyridine rings is 1. The molecule has 0 atom stereocenters. The molecular weight excluding hydrogens is 464 g/mol. The van der Waals surface area contributed by atoms with E-state index >= 15 is 0 Å². The highest BCUT2D eigenvalue weighted by molar-refractivity contribution is 7.92. The number of nitrogens with one attached hydrogen (secondary N) is 1. The van der Waals surface area contributed by atoms with Gasteiger partial charge in [-0.1, -0.05) is 18.2 Å². The number of hydrogen-bond acceptors (Lipinski definition) is 6. The minimum atomic E-state index is -3.84. The van der Waals surface area contributed by atoms with E-state index in [0.717, 1.165) is 37.3 Å². The Morgan fingerprint density at radius 2 is 1.80 bits per heavy atom. The second-order valence-electron chi connectivity index (χ2n) is 8.72. The first-order valence-electron chi connectivity index (χ1n) is 11.8. The number of rotatable bonds is 6. The van der Waals surface area contributed by atoms with Crippen molar-refractivity contribution < 1.29 is 17.9 Å². The van der Waals surface area contributed by atoms with Crippen molar-refractivity contribution >= 4 is 33.1 Å². The first-order valence-corrected chi connectivity index (χ1v) is 13.2. The summed E-state index contributed by atoms with van der Waals surface area (Å²) in [5, 5.41) is 2.82. The maximum Gasteiger partial charge on any atom is 0.264 e. The van der Waals surface area contributed by atoms with E-state index in [2.05, 4.69) is 15.2 Å². The summed E-state index contributed by atoms with van der Waals surface area (Å²) in [7, 11) is -2.39. The zero-order chi connectivity index (χ0) is 24.4. The van der Waals surface area contributed by atoms with Crippen molar-refractivity contribution in [1.29, 1.82) is 0 Å². The topological polar surface area (TPSA) is 91.8 Å². The fraction of sp³-hybridized carbons (Fsp3) is 0.308. The summed E-state index contributed by atoms with van der Waals surface area (Å²) < 4.78 is 33.7. The van der Waals surface area contributed by atoms with Crippen LogP contribution in [0.5, 0.6) is 5.75 Å². The highest BCUT2D eigenvalue weighted by Gasteiger charge is 2.31. The Hall–Kier alpha value is -3.59. The lowest BCUT2D eigenvalue weighted by molar-refractivity contribution is 0.102. The van der Waals surface area contributed by atoms with Crippen LogP contribution >= 0.6 is 0 Å². The van der Waals surface area contributed by atoms with Gasteiger partial charge in [0.1, 0.15) is 11.6 Å². The highest BCUT2D eigenvalue weighted by atomic mass is 32.2. The van der Waals surface area contributed by atoms with E-state index in [1.807, 2.05) is 30.3 Å². The van der Waals surface area contributed by atoms with Crippen molar-refractivity contribution in [2.24, 2.45) is 0 Å². The molecule has 0 bridgehead atoms. The maximum atomic E-state index is 13.5. The molecule has 2 aliphatic rings. The van der Waals surface area contributed by atoms with Crippen molar-refractivity contribution in [3.8, 4) is 5.75 Å². The summed E-state index contributed by atoms with van der Waals surface area (Å²) in [5.41, 5.74) is 2.33. The molecule has 0 radical (unpaired) electrons. The summed E-state index contributed by atoms with van der Waals surface area (Å²) in [5.74, 6) is 0.716.